The van der Waals surface area contributed by atoms with Gasteiger partial charge in [0.2, 0.25) is 5.91 Å². The molecule has 0 saturated heterocycles. The molecule has 0 radical (unpaired) electrons. The lowest BCUT2D eigenvalue weighted by molar-refractivity contribution is -0.118. The Kier molecular flexibility index (Phi) is 5.16. The van der Waals surface area contributed by atoms with Crippen molar-refractivity contribution in [3.63, 3.8) is 0 Å². The lowest BCUT2D eigenvalue weighted by Crippen LogP contribution is -2.15. The summed E-state index contributed by atoms with van der Waals surface area (Å²) in [4.78, 5) is 11.3. The molecule has 3 N–H and O–H groups in total. The maximum Gasteiger partial charge on any atom is 0.250 e. The Morgan fingerprint density at radius 3 is 2.56 bits per heavy atom. The fraction of sp³-hybridized carbons (Fsp3) is 0.150. The number of rotatable bonds is 6. The highest BCUT2D eigenvalue weighted by Gasteiger charge is 2.12. The predicted molar refractivity (Wildman–Crippen MR) is 98.3 cm³/mol. The first-order valence-electron chi connectivity index (χ1n) is 8.08. The van der Waals surface area contributed by atoms with Gasteiger partial charge in [0.1, 0.15) is 18.1 Å². The highest BCUT2D eigenvalue weighted by Crippen LogP contribution is 2.27. The number of benzene rings is 2. The molecule has 0 spiro atoms. The molecule has 0 aliphatic carbocycles. The van der Waals surface area contributed by atoms with Gasteiger partial charge in [0.15, 0.2) is 0 Å². The summed E-state index contributed by atoms with van der Waals surface area (Å²) in [5, 5.41) is 14.8. The molecule has 3 rings (SSSR count). The van der Waals surface area contributed by atoms with E-state index in [1.807, 2.05) is 67.6 Å². The predicted octanol–water partition coefficient (Wildman–Crippen LogP) is 4.05. The molecule has 3 aromatic rings. The third kappa shape index (κ3) is 4.28. The molecule has 1 amide bonds. The Bertz CT molecular complexity index is 843. The van der Waals surface area contributed by atoms with Crippen molar-refractivity contribution in [3.05, 3.63) is 72.5 Å². The Morgan fingerprint density at radius 1 is 1.04 bits per heavy atom. The summed E-state index contributed by atoms with van der Waals surface area (Å²) in [5.41, 5.74) is 2.51. The van der Waals surface area contributed by atoms with Crippen LogP contribution in [0.25, 0.3) is 11.3 Å². The molecule has 0 aliphatic heterocycles. The third-order valence-electron chi connectivity index (χ3n) is 3.78. The molecule has 0 aliphatic rings. The summed E-state index contributed by atoms with van der Waals surface area (Å²) in [6, 6.07) is 21.1. The quantitative estimate of drug-likeness (QED) is 0.635. The van der Waals surface area contributed by atoms with E-state index in [0.29, 0.717) is 5.69 Å². The Balaban J connectivity index is 1.70. The van der Waals surface area contributed by atoms with Crippen LogP contribution in [-0.4, -0.2) is 17.6 Å². The van der Waals surface area contributed by atoms with Crippen molar-refractivity contribution in [2.75, 3.05) is 17.2 Å². The van der Waals surface area contributed by atoms with E-state index in [1.165, 1.54) is 0 Å². The highest BCUT2D eigenvalue weighted by atomic mass is 16.3. The number of aliphatic hydroxyl groups is 1. The number of nitrogens with one attached hydrogen (secondary N) is 2. The SMILES string of the molecule is CC(Nc1cccc(NC(=O)CO)c1)c1ccc(-c2ccccc2)o1. The number of anilines is 2. The van der Waals surface area contributed by atoms with Gasteiger partial charge in [-0.25, -0.2) is 0 Å². The molecule has 128 valence electrons. The number of hydrogen-bond acceptors (Lipinski definition) is 4. The van der Waals surface area contributed by atoms with Crippen LogP contribution in [0.4, 0.5) is 11.4 Å². The third-order valence-corrected chi connectivity index (χ3v) is 3.78. The Morgan fingerprint density at radius 2 is 1.80 bits per heavy atom. The molecular weight excluding hydrogens is 316 g/mol. The fourth-order valence-electron chi connectivity index (χ4n) is 2.55. The molecule has 1 atom stereocenters. The van der Waals surface area contributed by atoms with E-state index >= 15 is 0 Å². The number of amides is 1. The van der Waals surface area contributed by atoms with Crippen molar-refractivity contribution in [1.29, 1.82) is 0 Å². The summed E-state index contributed by atoms with van der Waals surface area (Å²) in [5.74, 6) is 1.21. The number of furan rings is 1. The number of hydrogen-bond donors (Lipinski definition) is 3. The second kappa shape index (κ2) is 7.68. The number of carbonyl (C=O) groups excluding carboxylic acids is 1. The highest BCUT2D eigenvalue weighted by molar-refractivity contribution is 5.91. The topological polar surface area (TPSA) is 74.5 Å². The van der Waals surface area contributed by atoms with Crippen molar-refractivity contribution >= 4 is 17.3 Å². The zero-order valence-electron chi connectivity index (χ0n) is 13.9. The van der Waals surface area contributed by atoms with Gasteiger partial charge >= 0.3 is 0 Å². The van der Waals surface area contributed by atoms with Crippen LogP contribution in [0.15, 0.2) is 71.1 Å². The van der Waals surface area contributed by atoms with Gasteiger partial charge in [-0.3, -0.25) is 4.79 Å². The van der Waals surface area contributed by atoms with E-state index < -0.39 is 12.5 Å². The van der Waals surface area contributed by atoms with Crippen LogP contribution in [-0.2, 0) is 4.79 Å². The molecule has 2 aromatic carbocycles. The molecule has 5 heteroatoms. The molecule has 1 unspecified atom stereocenters. The molecule has 1 aromatic heterocycles. The van der Waals surface area contributed by atoms with Gasteiger partial charge in [-0.2, -0.15) is 0 Å². The van der Waals surface area contributed by atoms with Crippen LogP contribution in [0.1, 0.15) is 18.7 Å². The summed E-state index contributed by atoms with van der Waals surface area (Å²) in [6.45, 7) is 1.47. The van der Waals surface area contributed by atoms with Crippen molar-refractivity contribution in [2.45, 2.75) is 13.0 Å². The van der Waals surface area contributed by atoms with Gasteiger partial charge in [0.05, 0.1) is 6.04 Å². The van der Waals surface area contributed by atoms with Gasteiger partial charge in [0.25, 0.3) is 0 Å². The second-order valence-corrected chi connectivity index (χ2v) is 5.72. The van der Waals surface area contributed by atoms with E-state index in [4.69, 9.17) is 9.52 Å². The van der Waals surface area contributed by atoms with Crippen molar-refractivity contribution in [3.8, 4) is 11.3 Å². The first-order valence-corrected chi connectivity index (χ1v) is 8.08. The van der Waals surface area contributed by atoms with Crippen molar-refractivity contribution in [2.24, 2.45) is 0 Å². The van der Waals surface area contributed by atoms with Gasteiger partial charge in [-0.05, 0) is 37.3 Å². The van der Waals surface area contributed by atoms with E-state index in [2.05, 4.69) is 10.6 Å². The molecule has 25 heavy (non-hydrogen) atoms. The van der Waals surface area contributed by atoms with Crippen LogP contribution >= 0.6 is 0 Å². The number of carbonyl (C=O) groups is 1. The fourth-order valence-corrected chi connectivity index (χ4v) is 2.55. The van der Waals surface area contributed by atoms with Crippen LogP contribution in [0.2, 0.25) is 0 Å². The maximum absolute atomic E-state index is 11.3. The van der Waals surface area contributed by atoms with E-state index in [1.54, 1.807) is 6.07 Å². The van der Waals surface area contributed by atoms with Crippen molar-refractivity contribution in [1.82, 2.24) is 0 Å². The Labute approximate surface area is 146 Å². The summed E-state index contributed by atoms with van der Waals surface area (Å²) < 4.78 is 5.95. The normalized spacial score (nSPS) is 11.8. The zero-order chi connectivity index (χ0) is 17.6. The van der Waals surface area contributed by atoms with Crippen molar-refractivity contribution < 1.29 is 14.3 Å². The second-order valence-electron chi connectivity index (χ2n) is 5.72. The van der Waals surface area contributed by atoms with Crippen LogP contribution in [0.5, 0.6) is 0 Å². The molecule has 0 saturated carbocycles. The minimum Gasteiger partial charge on any atom is -0.459 e. The van der Waals surface area contributed by atoms with Crippen LogP contribution in [0, 0.1) is 0 Å². The zero-order valence-corrected chi connectivity index (χ0v) is 13.9. The average molecular weight is 336 g/mol. The Hall–Kier alpha value is -3.05. The monoisotopic (exact) mass is 336 g/mol. The van der Waals surface area contributed by atoms with Gasteiger partial charge in [-0.15, -0.1) is 0 Å². The molecule has 1 heterocycles. The van der Waals surface area contributed by atoms with Gasteiger partial charge < -0.3 is 20.2 Å². The minimum atomic E-state index is -0.539. The lowest BCUT2D eigenvalue weighted by Gasteiger charge is -2.14. The summed E-state index contributed by atoms with van der Waals surface area (Å²) in [7, 11) is 0. The molecule has 0 bridgehead atoms. The van der Waals surface area contributed by atoms with E-state index in [-0.39, 0.29) is 6.04 Å². The standard InChI is InChI=1S/C20H20N2O3/c1-14(18-10-11-19(25-18)15-6-3-2-4-7-15)21-16-8-5-9-17(12-16)22-20(24)13-23/h2-12,14,21,23H,13H2,1H3,(H,22,24). The maximum atomic E-state index is 11.3. The molecule has 0 fully saturated rings. The molecule has 5 nitrogen and oxygen atoms in total. The summed E-state index contributed by atoms with van der Waals surface area (Å²) >= 11 is 0. The van der Waals surface area contributed by atoms with Gasteiger partial charge in [0, 0.05) is 16.9 Å². The first kappa shape index (κ1) is 16.8. The van der Waals surface area contributed by atoms with Gasteiger partial charge in [-0.1, -0.05) is 36.4 Å². The largest absolute Gasteiger partial charge is 0.459 e. The average Bonchev–Trinajstić information content (AvgIpc) is 3.13. The van der Waals surface area contributed by atoms with E-state index in [9.17, 15) is 4.79 Å². The first-order chi connectivity index (χ1) is 12.2. The van der Waals surface area contributed by atoms with Crippen LogP contribution < -0.4 is 10.6 Å². The lowest BCUT2D eigenvalue weighted by atomic mass is 10.2. The summed E-state index contributed by atoms with van der Waals surface area (Å²) in [6.07, 6.45) is 0. The van der Waals surface area contributed by atoms with Crippen LogP contribution in [0.3, 0.4) is 0 Å². The van der Waals surface area contributed by atoms with E-state index in [0.717, 1.165) is 22.8 Å². The smallest absolute Gasteiger partial charge is 0.250 e. The minimum absolute atomic E-state index is 0.0405. The number of aliphatic hydroxyl groups excluding tert-OH is 1. The molecular formula is C20H20N2O3.